The molecule has 0 radical (unpaired) electrons. The monoisotopic (exact) mass is 363 g/mol. The van der Waals surface area contributed by atoms with E-state index < -0.39 is 0 Å². The molecule has 1 aliphatic carbocycles. The lowest BCUT2D eigenvalue weighted by molar-refractivity contribution is 0.187. The molecule has 0 amide bonds. The van der Waals surface area contributed by atoms with Crippen molar-refractivity contribution in [3.05, 3.63) is 35.0 Å². The van der Waals surface area contributed by atoms with Crippen LogP contribution in [0.15, 0.2) is 24.3 Å². The molecule has 1 aliphatic rings. The summed E-state index contributed by atoms with van der Waals surface area (Å²) in [6.45, 7) is 2.55. The Bertz CT molecular complexity index is 744. The first kappa shape index (κ1) is 16.9. The highest BCUT2D eigenvalue weighted by atomic mass is 35.5. The van der Waals surface area contributed by atoms with Gasteiger partial charge in [-0.2, -0.15) is 9.64 Å². The van der Waals surface area contributed by atoms with Gasteiger partial charge in [-0.3, -0.25) is 0 Å². The second-order valence-corrected chi connectivity index (χ2v) is 6.64. The minimum atomic E-state index is 0.0130. The van der Waals surface area contributed by atoms with Crippen LogP contribution >= 0.6 is 23.1 Å². The number of nitrogens with one attached hydrogen (secondary N) is 1. The zero-order valence-electron chi connectivity index (χ0n) is 13.3. The van der Waals surface area contributed by atoms with E-state index in [9.17, 15) is 5.26 Å². The molecule has 7 heteroatoms. The molecule has 2 atom stereocenters. The van der Waals surface area contributed by atoms with Gasteiger partial charge in [0.2, 0.25) is 0 Å². The van der Waals surface area contributed by atoms with Gasteiger partial charge in [0.25, 0.3) is 0 Å². The molecule has 3 rings (SSSR count). The Hall–Kier alpha value is -1.97. The van der Waals surface area contributed by atoms with Crippen LogP contribution in [-0.2, 0) is 0 Å². The topological polar surface area (TPSA) is 67.2 Å². The normalized spacial score (nSPS) is 19.7. The third-order valence-corrected chi connectivity index (χ3v) is 5.11. The molecule has 0 bridgehead atoms. The van der Waals surface area contributed by atoms with Gasteiger partial charge in [-0.1, -0.05) is 23.7 Å². The fraction of sp³-hybridized carbons (Fsp3) is 0.412. The van der Waals surface area contributed by atoms with Gasteiger partial charge >= 0.3 is 0 Å². The van der Waals surface area contributed by atoms with E-state index in [0.717, 1.165) is 30.8 Å². The van der Waals surface area contributed by atoms with E-state index in [2.05, 4.69) is 15.8 Å². The highest BCUT2D eigenvalue weighted by Crippen LogP contribution is 2.35. The zero-order valence-corrected chi connectivity index (χ0v) is 14.9. The molecule has 1 saturated carbocycles. The van der Waals surface area contributed by atoms with E-state index in [1.807, 2.05) is 31.2 Å². The lowest BCUT2D eigenvalue weighted by Crippen LogP contribution is -2.33. The van der Waals surface area contributed by atoms with Crippen molar-refractivity contribution >= 4 is 28.1 Å². The molecule has 1 heterocycles. The number of halogens is 1. The summed E-state index contributed by atoms with van der Waals surface area (Å²) in [4.78, 5) is 0. The number of para-hydroxylation sites is 2. The van der Waals surface area contributed by atoms with E-state index in [4.69, 9.17) is 21.1 Å². The Labute approximate surface area is 150 Å². The fourth-order valence-electron chi connectivity index (χ4n) is 2.85. The first-order chi connectivity index (χ1) is 11.7. The molecule has 24 heavy (non-hydrogen) atoms. The Morgan fingerprint density at radius 2 is 2.17 bits per heavy atom. The van der Waals surface area contributed by atoms with Gasteiger partial charge < -0.3 is 14.8 Å². The highest BCUT2D eigenvalue weighted by molar-refractivity contribution is 7.10. The van der Waals surface area contributed by atoms with Crippen molar-refractivity contribution < 1.29 is 9.47 Å². The summed E-state index contributed by atoms with van der Waals surface area (Å²) >= 11 is 7.15. The third-order valence-electron chi connectivity index (χ3n) is 3.96. The number of nitriles is 1. The molecule has 0 saturated heterocycles. The largest absolute Gasteiger partial charge is 0.490 e. The van der Waals surface area contributed by atoms with Crippen molar-refractivity contribution in [2.45, 2.75) is 38.3 Å². The minimum Gasteiger partial charge on any atom is -0.490 e. The molecule has 1 N–H and O–H groups in total. The Kier molecular flexibility index (Phi) is 5.44. The minimum absolute atomic E-state index is 0.0130. The summed E-state index contributed by atoms with van der Waals surface area (Å²) in [7, 11) is 0. The van der Waals surface area contributed by atoms with Gasteiger partial charge in [-0.15, -0.1) is 0 Å². The van der Waals surface area contributed by atoms with Crippen LogP contribution in [0, 0.1) is 11.3 Å². The van der Waals surface area contributed by atoms with Gasteiger partial charge in [0.15, 0.2) is 16.7 Å². The van der Waals surface area contributed by atoms with Crippen LogP contribution in [0.2, 0.25) is 5.15 Å². The van der Waals surface area contributed by atoms with Gasteiger partial charge in [0.05, 0.1) is 12.6 Å². The number of rotatable bonds is 6. The average molecular weight is 364 g/mol. The molecule has 2 aromatic rings. The standard InChI is InChI=1S/C17H18ClN3O2S/c1-2-22-14-7-3-4-8-15(14)23-13-9-5-6-12(13)20-17-11(10-19)16(18)21-24-17/h3-4,7-8,12-13,20H,2,5-6,9H2,1H3/t12-,13+/m1/s1. The number of nitrogens with zero attached hydrogens (tertiary/aromatic N) is 2. The Balaban J connectivity index is 1.73. The summed E-state index contributed by atoms with van der Waals surface area (Å²) in [5.74, 6) is 1.50. The van der Waals surface area contributed by atoms with Gasteiger partial charge in [-0.05, 0) is 49.9 Å². The quantitative estimate of drug-likeness (QED) is 0.819. The predicted molar refractivity (Wildman–Crippen MR) is 95.1 cm³/mol. The number of hydrogen-bond donors (Lipinski definition) is 1. The van der Waals surface area contributed by atoms with E-state index in [1.54, 1.807) is 0 Å². The van der Waals surface area contributed by atoms with Gasteiger partial charge in [0.1, 0.15) is 22.7 Å². The number of hydrogen-bond acceptors (Lipinski definition) is 6. The van der Waals surface area contributed by atoms with Crippen molar-refractivity contribution in [2.75, 3.05) is 11.9 Å². The van der Waals surface area contributed by atoms with Crippen LogP contribution in [0.3, 0.4) is 0 Å². The van der Waals surface area contributed by atoms with Crippen LogP contribution in [-0.4, -0.2) is 23.1 Å². The number of anilines is 1. The summed E-state index contributed by atoms with van der Waals surface area (Å²) in [5, 5.41) is 13.6. The van der Waals surface area contributed by atoms with Crippen molar-refractivity contribution in [3.8, 4) is 17.6 Å². The first-order valence-electron chi connectivity index (χ1n) is 7.93. The second kappa shape index (κ2) is 7.73. The number of ether oxygens (including phenoxy) is 2. The van der Waals surface area contributed by atoms with Crippen LogP contribution < -0.4 is 14.8 Å². The molecule has 5 nitrogen and oxygen atoms in total. The van der Waals surface area contributed by atoms with Crippen LogP contribution in [0.5, 0.6) is 11.5 Å². The first-order valence-corrected chi connectivity index (χ1v) is 9.08. The van der Waals surface area contributed by atoms with Crippen LogP contribution in [0.4, 0.5) is 5.00 Å². The molecule has 126 valence electrons. The summed E-state index contributed by atoms with van der Waals surface area (Å²) in [6.07, 6.45) is 3.00. The zero-order chi connectivity index (χ0) is 16.9. The lowest BCUT2D eigenvalue weighted by atomic mass is 10.2. The lowest BCUT2D eigenvalue weighted by Gasteiger charge is -2.23. The Morgan fingerprint density at radius 3 is 2.92 bits per heavy atom. The summed E-state index contributed by atoms with van der Waals surface area (Å²) < 4.78 is 15.9. The molecule has 0 unspecified atom stereocenters. The smallest absolute Gasteiger partial charge is 0.162 e. The molecule has 0 spiro atoms. The average Bonchev–Trinajstić information content (AvgIpc) is 3.16. The predicted octanol–water partition coefficient (Wildman–Crippen LogP) is 4.48. The van der Waals surface area contributed by atoms with Crippen molar-refractivity contribution in [3.63, 3.8) is 0 Å². The second-order valence-electron chi connectivity index (χ2n) is 5.51. The van der Waals surface area contributed by atoms with Crippen molar-refractivity contribution in [1.29, 1.82) is 5.26 Å². The van der Waals surface area contributed by atoms with E-state index in [1.165, 1.54) is 11.5 Å². The van der Waals surface area contributed by atoms with Crippen LogP contribution in [0.1, 0.15) is 31.7 Å². The molecular formula is C17H18ClN3O2S. The third kappa shape index (κ3) is 3.58. The van der Waals surface area contributed by atoms with Crippen molar-refractivity contribution in [1.82, 2.24) is 4.37 Å². The molecular weight excluding hydrogens is 346 g/mol. The Morgan fingerprint density at radius 1 is 1.38 bits per heavy atom. The van der Waals surface area contributed by atoms with Crippen molar-refractivity contribution in [2.24, 2.45) is 0 Å². The maximum absolute atomic E-state index is 9.20. The van der Waals surface area contributed by atoms with E-state index in [-0.39, 0.29) is 17.3 Å². The number of benzene rings is 1. The number of aromatic nitrogens is 1. The molecule has 0 aliphatic heterocycles. The highest BCUT2D eigenvalue weighted by Gasteiger charge is 2.31. The SMILES string of the molecule is CCOc1ccccc1O[C@H]1CCC[C@H]1Nc1snc(Cl)c1C#N. The van der Waals surface area contributed by atoms with E-state index >= 15 is 0 Å². The maximum Gasteiger partial charge on any atom is 0.162 e. The van der Waals surface area contributed by atoms with Gasteiger partial charge in [0, 0.05) is 0 Å². The van der Waals surface area contributed by atoms with Gasteiger partial charge in [-0.25, -0.2) is 0 Å². The van der Waals surface area contributed by atoms with Crippen LogP contribution in [0.25, 0.3) is 0 Å². The van der Waals surface area contributed by atoms with E-state index in [0.29, 0.717) is 17.2 Å². The fourth-order valence-corrected chi connectivity index (χ4v) is 3.85. The molecule has 1 aromatic carbocycles. The molecule has 1 fully saturated rings. The maximum atomic E-state index is 9.20. The summed E-state index contributed by atoms with van der Waals surface area (Å²) in [5.41, 5.74) is 0.405. The molecule has 1 aromatic heterocycles. The summed E-state index contributed by atoms with van der Waals surface area (Å²) in [6, 6.07) is 9.91.